The van der Waals surface area contributed by atoms with Crippen LogP contribution < -0.4 is 5.32 Å². The first-order chi connectivity index (χ1) is 7.64. The van der Waals surface area contributed by atoms with Crippen LogP contribution in [-0.4, -0.2) is 31.1 Å². The van der Waals surface area contributed by atoms with Crippen LogP contribution in [0.15, 0.2) is 21.2 Å². The zero-order chi connectivity index (χ0) is 11.6. The molecule has 0 aliphatic heterocycles. The summed E-state index contributed by atoms with van der Waals surface area (Å²) >= 11 is 3.46. The van der Waals surface area contributed by atoms with Crippen LogP contribution in [-0.2, 0) is 6.54 Å². The Morgan fingerprint density at radius 3 is 2.69 bits per heavy atom. The standard InChI is InChI=1S/C12H19BrN2O/c1-15(2)12(5-3-6-12)9-14-8-11-10(13)4-7-16-11/h4,7,14H,3,5-6,8-9H2,1-2H3. The van der Waals surface area contributed by atoms with Gasteiger partial charge in [0, 0.05) is 12.1 Å². The Balaban J connectivity index is 1.82. The summed E-state index contributed by atoms with van der Waals surface area (Å²) in [4.78, 5) is 2.35. The second-order valence-electron chi connectivity index (χ2n) is 4.77. The molecule has 1 fully saturated rings. The van der Waals surface area contributed by atoms with E-state index in [-0.39, 0.29) is 0 Å². The second-order valence-corrected chi connectivity index (χ2v) is 5.62. The van der Waals surface area contributed by atoms with Crippen LogP contribution in [0.1, 0.15) is 25.0 Å². The molecule has 0 unspecified atom stereocenters. The lowest BCUT2D eigenvalue weighted by Gasteiger charge is -2.47. The summed E-state index contributed by atoms with van der Waals surface area (Å²) in [5, 5.41) is 3.49. The molecule has 1 N–H and O–H groups in total. The lowest BCUT2D eigenvalue weighted by molar-refractivity contribution is 0.0593. The molecule has 0 spiro atoms. The first kappa shape index (κ1) is 12.1. The fourth-order valence-corrected chi connectivity index (χ4v) is 2.57. The van der Waals surface area contributed by atoms with Gasteiger partial charge in [-0.25, -0.2) is 0 Å². The molecule has 1 heterocycles. The van der Waals surface area contributed by atoms with Gasteiger partial charge >= 0.3 is 0 Å². The number of halogens is 1. The minimum absolute atomic E-state index is 0.374. The largest absolute Gasteiger partial charge is 0.467 e. The van der Waals surface area contributed by atoms with E-state index in [1.165, 1.54) is 19.3 Å². The molecule has 0 bridgehead atoms. The van der Waals surface area contributed by atoms with Crippen molar-refractivity contribution in [1.82, 2.24) is 10.2 Å². The molecule has 1 aliphatic carbocycles. The number of likely N-dealkylation sites (N-methyl/N-ethyl adjacent to an activating group) is 1. The molecule has 1 aromatic heterocycles. The van der Waals surface area contributed by atoms with Crippen molar-refractivity contribution in [2.75, 3.05) is 20.6 Å². The van der Waals surface area contributed by atoms with E-state index in [9.17, 15) is 0 Å². The fourth-order valence-electron chi connectivity index (χ4n) is 2.23. The summed E-state index contributed by atoms with van der Waals surface area (Å²) < 4.78 is 6.42. The van der Waals surface area contributed by atoms with Crippen molar-refractivity contribution in [1.29, 1.82) is 0 Å². The number of hydrogen-bond donors (Lipinski definition) is 1. The van der Waals surface area contributed by atoms with Crippen LogP contribution in [0.5, 0.6) is 0 Å². The molecule has 1 aliphatic rings. The van der Waals surface area contributed by atoms with E-state index < -0.39 is 0 Å². The Labute approximate surface area is 105 Å². The number of furan rings is 1. The maximum absolute atomic E-state index is 5.37. The molecule has 0 amide bonds. The third-order valence-corrected chi connectivity index (χ3v) is 4.37. The first-order valence-electron chi connectivity index (χ1n) is 5.74. The van der Waals surface area contributed by atoms with E-state index in [1.807, 2.05) is 6.07 Å². The summed E-state index contributed by atoms with van der Waals surface area (Å²) in [6.45, 7) is 1.83. The number of nitrogens with zero attached hydrogens (tertiary/aromatic N) is 1. The quantitative estimate of drug-likeness (QED) is 0.902. The van der Waals surface area contributed by atoms with Crippen LogP contribution >= 0.6 is 15.9 Å². The molecule has 16 heavy (non-hydrogen) atoms. The monoisotopic (exact) mass is 286 g/mol. The van der Waals surface area contributed by atoms with Crippen LogP contribution in [0.2, 0.25) is 0 Å². The summed E-state index contributed by atoms with van der Waals surface area (Å²) in [6, 6.07) is 1.93. The van der Waals surface area contributed by atoms with Gasteiger partial charge in [0.2, 0.25) is 0 Å². The molecule has 0 saturated heterocycles. The number of rotatable bonds is 5. The van der Waals surface area contributed by atoms with Crippen LogP contribution in [0.25, 0.3) is 0 Å². The van der Waals surface area contributed by atoms with Crippen LogP contribution in [0.4, 0.5) is 0 Å². The van der Waals surface area contributed by atoms with Gasteiger partial charge in [0.15, 0.2) is 0 Å². The SMILES string of the molecule is CN(C)C1(CNCc2occc2Br)CCC1. The first-order valence-corrected chi connectivity index (χ1v) is 6.53. The summed E-state index contributed by atoms with van der Waals surface area (Å²) in [7, 11) is 4.34. The van der Waals surface area contributed by atoms with E-state index in [0.717, 1.165) is 23.3 Å². The van der Waals surface area contributed by atoms with Crippen molar-refractivity contribution in [3.05, 3.63) is 22.6 Å². The number of hydrogen-bond acceptors (Lipinski definition) is 3. The van der Waals surface area contributed by atoms with Gasteiger partial charge in [0.25, 0.3) is 0 Å². The van der Waals surface area contributed by atoms with E-state index in [2.05, 4.69) is 40.2 Å². The molecule has 0 aromatic carbocycles. The van der Waals surface area contributed by atoms with E-state index >= 15 is 0 Å². The Kier molecular flexibility index (Phi) is 3.72. The molecule has 0 radical (unpaired) electrons. The molecule has 1 saturated carbocycles. The third-order valence-electron chi connectivity index (χ3n) is 3.66. The Bertz CT molecular complexity index is 345. The topological polar surface area (TPSA) is 28.4 Å². The van der Waals surface area contributed by atoms with Crippen molar-refractivity contribution in [3.8, 4) is 0 Å². The van der Waals surface area contributed by atoms with Crippen molar-refractivity contribution in [2.24, 2.45) is 0 Å². The molecule has 90 valence electrons. The van der Waals surface area contributed by atoms with Crippen molar-refractivity contribution in [2.45, 2.75) is 31.3 Å². The predicted octanol–water partition coefficient (Wildman–Crippen LogP) is 2.62. The minimum Gasteiger partial charge on any atom is -0.467 e. The highest BCUT2D eigenvalue weighted by Crippen LogP contribution is 2.35. The molecule has 2 rings (SSSR count). The summed E-state index contributed by atoms with van der Waals surface area (Å²) in [5.41, 5.74) is 0.374. The van der Waals surface area contributed by atoms with Gasteiger partial charge in [-0.15, -0.1) is 0 Å². The Morgan fingerprint density at radius 1 is 1.50 bits per heavy atom. The Hall–Kier alpha value is -0.320. The van der Waals surface area contributed by atoms with Crippen LogP contribution in [0, 0.1) is 0 Å². The lowest BCUT2D eigenvalue weighted by Crippen LogP contribution is -2.56. The van der Waals surface area contributed by atoms with Gasteiger partial charge in [-0.05, 0) is 55.4 Å². The van der Waals surface area contributed by atoms with E-state index in [1.54, 1.807) is 6.26 Å². The summed E-state index contributed by atoms with van der Waals surface area (Å²) in [5.74, 6) is 0.980. The molecular weight excluding hydrogens is 268 g/mol. The second kappa shape index (κ2) is 4.90. The molecule has 1 aromatic rings. The van der Waals surface area contributed by atoms with Crippen molar-refractivity contribution < 1.29 is 4.42 Å². The number of nitrogens with one attached hydrogen (secondary N) is 1. The molecule has 3 nitrogen and oxygen atoms in total. The highest BCUT2D eigenvalue weighted by Gasteiger charge is 2.38. The third kappa shape index (κ3) is 2.34. The highest BCUT2D eigenvalue weighted by molar-refractivity contribution is 9.10. The van der Waals surface area contributed by atoms with Crippen molar-refractivity contribution >= 4 is 15.9 Å². The molecule has 4 heteroatoms. The van der Waals surface area contributed by atoms with Gasteiger partial charge in [-0.2, -0.15) is 0 Å². The molecular formula is C12H19BrN2O. The van der Waals surface area contributed by atoms with E-state index in [4.69, 9.17) is 4.42 Å². The maximum Gasteiger partial charge on any atom is 0.131 e. The predicted molar refractivity (Wildman–Crippen MR) is 68.4 cm³/mol. The average Bonchev–Trinajstić information content (AvgIpc) is 2.55. The van der Waals surface area contributed by atoms with E-state index in [0.29, 0.717) is 5.54 Å². The Morgan fingerprint density at radius 2 is 2.25 bits per heavy atom. The fraction of sp³-hybridized carbons (Fsp3) is 0.667. The van der Waals surface area contributed by atoms with Crippen LogP contribution in [0.3, 0.4) is 0 Å². The zero-order valence-corrected chi connectivity index (χ0v) is 11.5. The average molecular weight is 287 g/mol. The van der Waals surface area contributed by atoms with Crippen molar-refractivity contribution in [3.63, 3.8) is 0 Å². The van der Waals surface area contributed by atoms with Gasteiger partial charge in [0.05, 0.1) is 17.3 Å². The smallest absolute Gasteiger partial charge is 0.131 e. The molecule has 0 atom stereocenters. The van der Waals surface area contributed by atoms with Gasteiger partial charge in [-0.1, -0.05) is 0 Å². The lowest BCUT2D eigenvalue weighted by atomic mass is 9.75. The summed E-state index contributed by atoms with van der Waals surface area (Å²) in [6.07, 6.45) is 5.66. The highest BCUT2D eigenvalue weighted by atomic mass is 79.9. The van der Waals surface area contributed by atoms with Gasteiger partial charge in [0.1, 0.15) is 5.76 Å². The van der Waals surface area contributed by atoms with Gasteiger partial charge < -0.3 is 14.6 Å². The van der Waals surface area contributed by atoms with Gasteiger partial charge in [-0.3, -0.25) is 0 Å². The normalized spacial score (nSPS) is 18.8. The zero-order valence-electron chi connectivity index (χ0n) is 9.92. The minimum atomic E-state index is 0.374. The maximum atomic E-state index is 5.37.